The summed E-state index contributed by atoms with van der Waals surface area (Å²) in [5.74, 6) is -0.603. The van der Waals surface area contributed by atoms with Crippen LogP contribution in [0.25, 0.3) is 0 Å². The minimum absolute atomic E-state index is 0.141. The molecule has 1 saturated heterocycles. The fourth-order valence-electron chi connectivity index (χ4n) is 2.18. The van der Waals surface area contributed by atoms with Crippen LogP contribution in [-0.4, -0.2) is 66.8 Å². The highest BCUT2D eigenvalue weighted by atomic mass is 32.1. The second-order valence-electron chi connectivity index (χ2n) is 5.27. The number of carbonyl (C=O) groups is 1. The maximum Gasteiger partial charge on any atom is 0.414 e. The number of hydrazone groups is 1. The zero-order valence-electron chi connectivity index (χ0n) is 13.8. The van der Waals surface area contributed by atoms with Crippen LogP contribution in [0.3, 0.4) is 0 Å². The van der Waals surface area contributed by atoms with Crippen LogP contribution < -0.4 is 10.7 Å². The number of rotatable bonds is 6. The van der Waals surface area contributed by atoms with Crippen LogP contribution in [0.2, 0.25) is 0 Å². The second-order valence-corrected chi connectivity index (χ2v) is 5.64. The number of carbonyl (C=O) groups excluding carboxylic acids is 1. The average Bonchev–Trinajstić information content (AvgIpc) is 3.00. The fraction of sp³-hybridized carbons (Fsp3) is 0.400. The first-order chi connectivity index (χ1) is 11.9. The first-order valence-electron chi connectivity index (χ1n) is 7.50. The Kier molecular flexibility index (Phi) is 6.34. The minimum atomic E-state index is -0.603. The first kappa shape index (κ1) is 18.7. The van der Waals surface area contributed by atoms with Crippen molar-refractivity contribution in [2.24, 2.45) is 5.10 Å². The molecule has 10 heteroatoms. The lowest BCUT2D eigenvalue weighted by molar-refractivity contribution is 0.135. The Morgan fingerprint density at radius 1 is 1.68 bits per heavy atom. The van der Waals surface area contributed by atoms with E-state index in [0.29, 0.717) is 19.6 Å². The number of amides is 1. The third kappa shape index (κ3) is 4.92. The number of ether oxygens (including phenoxy) is 2. The Morgan fingerprint density at radius 3 is 3.08 bits per heavy atom. The maximum atomic E-state index is 14.4. The summed E-state index contributed by atoms with van der Waals surface area (Å²) in [6.45, 7) is 9.07. The molecule has 2 rings (SSSR count). The summed E-state index contributed by atoms with van der Waals surface area (Å²) in [5.41, 5.74) is 3.08. The van der Waals surface area contributed by atoms with Crippen molar-refractivity contribution in [1.82, 2.24) is 20.5 Å². The smallest absolute Gasteiger partial charge is 0.414 e. The van der Waals surface area contributed by atoms with Gasteiger partial charge in [-0.25, -0.2) is 9.18 Å². The fourth-order valence-corrected chi connectivity index (χ4v) is 2.27. The number of hydrogen-bond donors (Lipinski definition) is 2. The lowest BCUT2D eigenvalue weighted by Gasteiger charge is -2.24. The molecule has 2 aliphatic heterocycles. The third-order valence-electron chi connectivity index (χ3n) is 3.55. The molecular formula is C15H20FN5O3S. The summed E-state index contributed by atoms with van der Waals surface area (Å²) >= 11 is 4.85. The molecule has 25 heavy (non-hydrogen) atoms. The van der Waals surface area contributed by atoms with Crippen molar-refractivity contribution in [3.8, 4) is 0 Å². The predicted molar refractivity (Wildman–Crippen MR) is 95.3 cm³/mol. The van der Waals surface area contributed by atoms with Crippen molar-refractivity contribution < 1.29 is 18.7 Å². The van der Waals surface area contributed by atoms with Gasteiger partial charge in [0.25, 0.3) is 5.17 Å². The van der Waals surface area contributed by atoms with Gasteiger partial charge in [0.15, 0.2) is 0 Å². The van der Waals surface area contributed by atoms with Gasteiger partial charge in [0.2, 0.25) is 0 Å². The topological polar surface area (TPSA) is 78.4 Å². The van der Waals surface area contributed by atoms with E-state index in [-0.39, 0.29) is 23.1 Å². The van der Waals surface area contributed by atoms with Gasteiger partial charge < -0.3 is 25.1 Å². The summed E-state index contributed by atoms with van der Waals surface area (Å²) in [5, 5.41) is 6.85. The van der Waals surface area contributed by atoms with Crippen LogP contribution in [0.4, 0.5) is 9.18 Å². The highest BCUT2D eigenvalue weighted by molar-refractivity contribution is 7.80. The van der Waals surface area contributed by atoms with E-state index in [4.69, 9.17) is 21.7 Å². The molecule has 8 nitrogen and oxygen atoms in total. The monoisotopic (exact) mass is 369 g/mol. The number of nitrogens with one attached hydrogen (secondary N) is 2. The van der Waals surface area contributed by atoms with Crippen molar-refractivity contribution in [2.45, 2.75) is 6.10 Å². The molecule has 0 saturated carbocycles. The number of cyclic esters (lactones) is 1. The molecule has 0 spiro atoms. The van der Waals surface area contributed by atoms with Crippen molar-refractivity contribution in [3.63, 3.8) is 0 Å². The summed E-state index contributed by atoms with van der Waals surface area (Å²) < 4.78 is 24.4. The van der Waals surface area contributed by atoms with Gasteiger partial charge in [0, 0.05) is 12.2 Å². The summed E-state index contributed by atoms with van der Waals surface area (Å²) in [4.78, 5) is 14.7. The van der Waals surface area contributed by atoms with Gasteiger partial charge in [-0.1, -0.05) is 13.2 Å². The predicted octanol–water partition coefficient (Wildman–Crippen LogP) is 1.06. The van der Waals surface area contributed by atoms with E-state index in [9.17, 15) is 9.18 Å². The average molecular weight is 369 g/mol. The number of allylic oxidation sites excluding steroid dienone is 2. The molecule has 0 aromatic carbocycles. The zero-order valence-corrected chi connectivity index (χ0v) is 14.6. The van der Waals surface area contributed by atoms with E-state index in [1.807, 2.05) is 0 Å². The van der Waals surface area contributed by atoms with Crippen LogP contribution in [0.15, 0.2) is 41.6 Å². The van der Waals surface area contributed by atoms with E-state index >= 15 is 0 Å². The molecule has 2 N–H and O–H groups in total. The molecule has 0 aliphatic carbocycles. The number of hydrogen-bond acceptors (Lipinski definition) is 7. The summed E-state index contributed by atoms with van der Waals surface area (Å²) in [6.07, 6.45) is 1.55. The Hall–Kier alpha value is -2.62. The van der Waals surface area contributed by atoms with Gasteiger partial charge in [-0.05, 0) is 18.3 Å². The molecule has 0 aromatic heterocycles. The van der Waals surface area contributed by atoms with Crippen molar-refractivity contribution in [3.05, 3.63) is 36.5 Å². The van der Waals surface area contributed by atoms with Gasteiger partial charge in [-0.3, -0.25) is 4.90 Å². The SMILES string of the molecule is C=C(/C(F)=C\C(=C)N1C[C@H](CNC(=S)OC)OC1=O)N1C=NNCC1. The van der Waals surface area contributed by atoms with Crippen LogP contribution in [0, 0.1) is 0 Å². The van der Waals surface area contributed by atoms with Gasteiger partial charge in [-0.15, -0.1) is 0 Å². The number of nitrogens with zero attached hydrogens (tertiary/aromatic N) is 3. The molecule has 0 unspecified atom stereocenters. The molecule has 0 aromatic rings. The number of thiocarbonyl (C=S) groups is 1. The van der Waals surface area contributed by atoms with E-state index < -0.39 is 18.0 Å². The molecule has 1 fully saturated rings. The molecule has 2 heterocycles. The van der Waals surface area contributed by atoms with E-state index in [0.717, 1.165) is 6.08 Å². The van der Waals surface area contributed by atoms with Gasteiger partial charge >= 0.3 is 6.09 Å². The maximum absolute atomic E-state index is 14.4. The molecule has 0 radical (unpaired) electrons. The van der Waals surface area contributed by atoms with E-state index in [1.54, 1.807) is 4.90 Å². The molecule has 136 valence electrons. The number of halogens is 1. The molecule has 2 aliphatic rings. The van der Waals surface area contributed by atoms with Crippen LogP contribution in [0.1, 0.15) is 0 Å². The molecule has 0 bridgehead atoms. The van der Waals surface area contributed by atoms with Gasteiger partial charge in [0.05, 0.1) is 32.4 Å². The highest BCUT2D eigenvalue weighted by Crippen LogP contribution is 2.21. The highest BCUT2D eigenvalue weighted by Gasteiger charge is 2.32. The second kappa shape index (κ2) is 8.47. The summed E-state index contributed by atoms with van der Waals surface area (Å²) in [6, 6.07) is 0. The Balaban J connectivity index is 1.94. The third-order valence-corrected chi connectivity index (χ3v) is 3.86. The zero-order chi connectivity index (χ0) is 18.4. The molecular weight excluding hydrogens is 349 g/mol. The van der Waals surface area contributed by atoms with Crippen molar-refractivity contribution in [1.29, 1.82) is 0 Å². The van der Waals surface area contributed by atoms with Crippen molar-refractivity contribution in [2.75, 3.05) is 33.3 Å². The Labute approximate surface area is 150 Å². The van der Waals surface area contributed by atoms with Crippen LogP contribution in [0.5, 0.6) is 0 Å². The van der Waals surface area contributed by atoms with E-state index in [2.05, 4.69) is 29.0 Å². The van der Waals surface area contributed by atoms with Gasteiger partial charge in [-0.2, -0.15) is 5.10 Å². The number of methoxy groups -OCH3 is 1. The Morgan fingerprint density at radius 2 is 2.44 bits per heavy atom. The summed E-state index contributed by atoms with van der Waals surface area (Å²) in [7, 11) is 1.44. The minimum Gasteiger partial charge on any atom is -0.474 e. The normalized spacial score (nSPS) is 20.0. The molecule has 1 atom stereocenters. The van der Waals surface area contributed by atoms with Crippen molar-refractivity contribution >= 4 is 29.8 Å². The lowest BCUT2D eigenvalue weighted by Crippen LogP contribution is -2.34. The largest absolute Gasteiger partial charge is 0.474 e. The Bertz CT molecular complexity index is 637. The lowest BCUT2D eigenvalue weighted by atomic mass is 10.2. The quantitative estimate of drug-likeness (QED) is 0.535. The van der Waals surface area contributed by atoms with E-state index in [1.165, 1.54) is 18.3 Å². The van der Waals surface area contributed by atoms with Crippen LogP contribution in [-0.2, 0) is 9.47 Å². The van der Waals surface area contributed by atoms with Gasteiger partial charge in [0.1, 0.15) is 18.3 Å². The van der Waals surface area contributed by atoms with Crippen LogP contribution >= 0.6 is 12.2 Å². The standard InChI is InChI=1S/C15H20FN5O3S/c1-10(6-13(16)11(2)20-5-4-18-19-9-20)21-8-12(24-15(21)22)7-17-14(25)23-3/h6,9,12,18H,1-2,4-5,7-8H2,3H3,(H,17,25)/b13-6+/t12-/m0/s1. The first-order valence-corrected chi connectivity index (χ1v) is 7.91. The molecule has 1 amide bonds.